The van der Waals surface area contributed by atoms with Gasteiger partial charge in [-0.25, -0.2) is 15.0 Å². The Morgan fingerprint density at radius 2 is 2.03 bits per heavy atom. The van der Waals surface area contributed by atoms with Crippen LogP contribution in [0.15, 0.2) is 12.7 Å². The van der Waals surface area contributed by atoms with Crippen LogP contribution < -0.4 is 11.1 Å². The highest BCUT2D eigenvalue weighted by molar-refractivity contribution is 5.90. The second-order valence-electron chi connectivity index (χ2n) is 7.53. The number of rotatable bonds is 10. The molecule has 4 heterocycles. The number of aromatic nitrogens is 4. The van der Waals surface area contributed by atoms with E-state index in [-0.39, 0.29) is 18.6 Å². The lowest BCUT2D eigenvalue weighted by Gasteiger charge is -2.30. The Kier molecular flexibility index (Phi) is 5.66. The monoisotopic (exact) mass is 404 g/mol. The number of nitrogens with zero attached hydrogens (tertiary/aromatic N) is 4. The number of hydrogen-bond donors (Lipinski definition) is 2. The average molecular weight is 404 g/mol. The minimum atomic E-state index is -1.19. The lowest BCUT2D eigenvalue weighted by Crippen LogP contribution is -2.52. The molecular formula is C19H28N6O4. The van der Waals surface area contributed by atoms with Crippen molar-refractivity contribution in [2.75, 3.05) is 25.6 Å². The Labute approximate surface area is 169 Å². The molecule has 0 saturated carbocycles. The number of amides is 1. The molecule has 10 nitrogen and oxygen atoms in total. The van der Waals surface area contributed by atoms with Gasteiger partial charge in [0.05, 0.1) is 12.9 Å². The number of fused-ring (bicyclic) bond motifs is 3. The minimum absolute atomic E-state index is 0.145. The van der Waals surface area contributed by atoms with E-state index < -0.39 is 17.9 Å². The number of carbonyl (C=O) groups excluding carboxylic acids is 1. The molecule has 158 valence electrons. The van der Waals surface area contributed by atoms with Gasteiger partial charge in [-0.3, -0.25) is 9.36 Å². The maximum Gasteiger partial charge on any atom is 0.258 e. The summed E-state index contributed by atoms with van der Waals surface area (Å²) in [6, 6.07) is -0.372. The number of hydrogen-bond acceptors (Lipinski definition) is 8. The van der Waals surface area contributed by atoms with E-state index >= 15 is 0 Å². The van der Waals surface area contributed by atoms with Gasteiger partial charge in [0.15, 0.2) is 23.3 Å². The molecule has 2 aliphatic rings. The van der Waals surface area contributed by atoms with Gasteiger partial charge in [0.1, 0.15) is 24.0 Å². The van der Waals surface area contributed by atoms with Crippen LogP contribution in [-0.2, 0) is 19.0 Å². The van der Waals surface area contributed by atoms with Crippen molar-refractivity contribution in [3.05, 3.63) is 12.7 Å². The first-order chi connectivity index (χ1) is 14.1. The van der Waals surface area contributed by atoms with E-state index in [0.717, 1.165) is 25.7 Å². The number of morpholine rings is 1. The Morgan fingerprint density at radius 3 is 2.83 bits per heavy atom. The first-order valence-electron chi connectivity index (χ1n) is 10.2. The smallest absolute Gasteiger partial charge is 0.258 e. The third-order valence-electron chi connectivity index (χ3n) is 5.52. The topological polar surface area (TPSA) is 126 Å². The van der Waals surface area contributed by atoms with Gasteiger partial charge < -0.3 is 25.3 Å². The molecule has 2 saturated heterocycles. The van der Waals surface area contributed by atoms with Crippen molar-refractivity contribution in [3.63, 3.8) is 0 Å². The Hall–Kier alpha value is -2.30. The van der Waals surface area contributed by atoms with Gasteiger partial charge in [-0.05, 0) is 12.8 Å². The predicted octanol–water partition coefficient (Wildman–Crippen LogP) is 1.18. The van der Waals surface area contributed by atoms with E-state index in [1.165, 1.54) is 6.33 Å². The van der Waals surface area contributed by atoms with E-state index in [1.807, 2.05) is 0 Å². The van der Waals surface area contributed by atoms with Gasteiger partial charge in [-0.1, -0.05) is 26.7 Å². The van der Waals surface area contributed by atoms with Crippen LogP contribution in [-0.4, -0.2) is 63.0 Å². The number of ether oxygens (including phenoxy) is 3. The summed E-state index contributed by atoms with van der Waals surface area (Å²) in [5, 5.41) is 3.04. The summed E-state index contributed by atoms with van der Waals surface area (Å²) in [5.41, 5.74) is 5.78. The Balaban J connectivity index is 1.63. The van der Waals surface area contributed by atoms with E-state index in [2.05, 4.69) is 34.1 Å². The van der Waals surface area contributed by atoms with Crippen molar-refractivity contribution >= 4 is 22.9 Å². The normalized spacial score (nSPS) is 28.3. The van der Waals surface area contributed by atoms with Crippen molar-refractivity contribution in [1.29, 1.82) is 0 Å². The summed E-state index contributed by atoms with van der Waals surface area (Å²) in [6.07, 6.45) is 5.89. The summed E-state index contributed by atoms with van der Waals surface area (Å²) < 4.78 is 20.1. The standard InChI is InChI=1S/C19H28N6O4/c1-3-5-7-27-9-19-14(28-8-6-4-2)12(24-18(19)26)17(29-19)25-11-23-13-15(20)21-10-22-16(13)25/h10-12,14,17H,3-9H2,1-2H3,(H,24,26)(H2,20,21,22)/t12-,14?,17+,19+/m0/s1. The molecule has 29 heavy (non-hydrogen) atoms. The number of nitrogens with one attached hydrogen (secondary N) is 1. The first kappa shape index (κ1) is 20.0. The molecule has 2 aromatic heterocycles. The van der Waals surface area contributed by atoms with Gasteiger partial charge in [0.25, 0.3) is 5.91 Å². The molecule has 3 N–H and O–H groups in total. The number of nitrogens with two attached hydrogens (primary N) is 1. The molecule has 10 heteroatoms. The quantitative estimate of drug-likeness (QED) is 0.565. The number of carbonyl (C=O) groups is 1. The number of imidazole rings is 1. The zero-order chi connectivity index (χ0) is 20.4. The first-order valence-corrected chi connectivity index (χ1v) is 10.2. The van der Waals surface area contributed by atoms with Gasteiger partial charge in [0.2, 0.25) is 0 Å². The van der Waals surface area contributed by atoms with E-state index in [4.69, 9.17) is 19.9 Å². The Bertz CT molecular complexity index is 874. The van der Waals surface area contributed by atoms with Crippen LogP contribution >= 0.6 is 0 Å². The average Bonchev–Trinajstić information content (AvgIpc) is 3.34. The molecule has 1 unspecified atom stereocenters. The number of nitrogen functional groups attached to an aromatic ring is 1. The molecule has 4 rings (SSSR count). The highest BCUT2D eigenvalue weighted by Gasteiger charge is 2.67. The van der Waals surface area contributed by atoms with E-state index in [0.29, 0.717) is 30.2 Å². The predicted molar refractivity (Wildman–Crippen MR) is 105 cm³/mol. The van der Waals surface area contributed by atoms with Crippen LogP contribution in [0, 0.1) is 0 Å². The van der Waals surface area contributed by atoms with E-state index in [9.17, 15) is 4.79 Å². The molecule has 1 amide bonds. The molecule has 0 aromatic carbocycles. The molecule has 0 aliphatic carbocycles. The summed E-state index contributed by atoms with van der Waals surface area (Å²) >= 11 is 0. The molecule has 0 radical (unpaired) electrons. The molecule has 2 bridgehead atoms. The van der Waals surface area contributed by atoms with Crippen LogP contribution in [0.2, 0.25) is 0 Å². The third-order valence-corrected chi connectivity index (χ3v) is 5.52. The van der Waals surface area contributed by atoms with Gasteiger partial charge in [0, 0.05) is 13.2 Å². The van der Waals surface area contributed by atoms with Gasteiger partial charge in [-0.2, -0.15) is 0 Å². The molecular weight excluding hydrogens is 376 g/mol. The zero-order valence-corrected chi connectivity index (χ0v) is 16.8. The van der Waals surface area contributed by atoms with Crippen molar-refractivity contribution in [1.82, 2.24) is 24.8 Å². The fraction of sp³-hybridized carbons (Fsp3) is 0.684. The van der Waals surface area contributed by atoms with Gasteiger partial charge >= 0.3 is 0 Å². The van der Waals surface area contributed by atoms with Crippen molar-refractivity contribution in [3.8, 4) is 0 Å². The van der Waals surface area contributed by atoms with Crippen molar-refractivity contribution in [2.24, 2.45) is 0 Å². The summed E-state index contributed by atoms with van der Waals surface area (Å²) in [4.78, 5) is 25.4. The van der Waals surface area contributed by atoms with Gasteiger partial charge in [-0.15, -0.1) is 0 Å². The highest BCUT2D eigenvalue weighted by atomic mass is 16.6. The lowest BCUT2D eigenvalue weighted by molar-refractivity contribution is -0.176. The minimum Gasteiger partial charge on any atom is -0.382 e. The molecule has 2 aromatic rings. The van der Waals surface area contributed by atoms with Crippen molar-refractivity contribution in [2.45, 2.75) is 63.5 Å². The SMILES string of the molecule is CCCCOC[C@]12O[C@@H](n3cnc4c(N)ncnc43)[C@@H](NC1=O)C2OCCCC. The summed E-state index contributed by atoms with van der Waals surface area (Å²) in [6.45, 7) is 5.46. The van der Waals surface area contributed by atoms with Crippen LogP contribution in [0.3, 0.4) is 0 Å². The maximum absolute atomic E-state index is 12.8. The van der Waals surface area contributed by atoms with Crippen LogP contribution in [0.1, 0.15) is 45.8 Å². The fourth-order valence-electron chi connectivity index (χ4n) is 3.93. The second kappa shape index (κ2) is 8.21. The largest absolute Gasteiger partial charge is 0.382 e. The van der Waals surface area contributed by atoms with E-state index in [1.54, 1.807) is 10.9 Å². The zero-order valence-electron chi connectivity index (χ0n) is 16.8. The lowest BCUT2D eigenvalue weighted by atomic mass is 9.99. The molecule has 2 fully saturated rings. The third kappa shape index (κ3) is 3.34. The molecule has 2 aliphatic heterocycles. The highest BCUT2D eigenvalue weighted by Crippen LogP contribution is 2.45. The summed E-state index contributed by atoms with van der Waals surface area (Å²) in [7, 11) is 0. The van der Waals surface area contributed by atoms with Crippen molar-refractivity contribution < 1.29 is 19.0 Å². The summed E-state index contributed by atoms with van der Waals surface area (Å²) in [5.74, 6) is 0.101. The van der Waals surface area contributed by atoms with Crippen LogP contribution in [0.4, 0.5) is 5.82 Å². The Morgan fingerprint density at radius 1 is 1.24 bits per heavy atom. The van der Waals surface area contributed by atoms with Crippen LogP contribution in [0.5, 0.6) is 0 Å². The maximum atomic E-state index is 12.8. The fourth-order valence-corrected chi connectivity index (χ4v) is 3.93. The second-order valence-corrected chi connectivity index (χ2v) is 7.53. The molecule has 4 atom stereocenters. The number of unbranched alkanes of at least 4 members (excludes halogenated alkanes) is 2. The number of anilines is 1. The van der Waals surface area contributed by atoms with Crippen LogP contribution in [0.25, 0.3) is 11.2 Å². The molecule has 0 spiro atoms.